The van der Waals surface area contributed by atoms with Gasteiger partial charge in [-0.25, -0.2) is 4.98 Å². The number of aromatic nitrogens is 3. The number of halogens is 1. The Morgan fingerprint density at radius 3 is 2.53 bits per heavy atom. The second kappa shape index (κ2) is 5.12. The van der Waals surface area contributed by atoms with Crippen LogP contribution in [0.3, 0.4) is 0 Å². The average molecular weight is 272 g/mol. The van der Waals surface area contributed by atoms with Gasteiger partial charge in [-0.05, 0) is 24.3 Å². The Hall–Kier alpha value is -2.33. The van der Waals surface area contributed by atoms with E-state index >= 15 is 0 Å². The van der Waals surface area contributed by atoms with Crippen LogP contribution in [0.2, 0.25) is 5.15 Å². The molecule has 0 aliphatic carbocycles. The number of hydrogen-bond donors (Lipinski definition) is 0. The molecule has 0 saturated carbocycles. The van der Waals surface area contributed by atoms with Crippen LogP contribution in [0, 0.1) is 0 Å². The van der Waals surface area contributed by atoms with E-state index in [-0.39, 0.29) is 0 Å². The second-order valence-electron chi connectivity index (χ2n) is 3.81. The van der Waals surface area contributed by atoms with Crippen LogP contribution in [-0.4, -0.2) is 14.8 Å². The van der Waals surface area contributed by atoms with E-state index in [1.54, 1.807) is 12.4 Å². The maximum Gasteiger partial charge on any atom is 0.184 e. The van der Waals surface area contributed by atoms with Gasteiger partial charge in [0.1, 0.15) is 5.75 Å². The lowest BCUT2D eigenvalue weighted by Crippen LogP contribution is -1.98. The van der Waals surface area contributed by atoms with Gasteiger partial charge in [0.15, 0.2) is 16.7 Å². The predicted octanol–water partition coefficient (Wildman–Crippen LogP) is 3.71. The van der Waals surface area contributed by atoms with Crippen molar-refractivity contribution in [3.8, 4) is 17.3 Å². The van der Waals surface area contributed by atoms with Gasteiger partial charge in [-0.3, -0.25) is 0 Å². The molecule has 0 spiro atoms. The molecule has 1 aromatic carbocycles. The van der Waals surface area contributed by atoms with Crippen molar-refractivity contribution in [2.24, 2.45) is 0 Å². The second-order valence-corrected chi connectivity index (χ2v) is 4.17. The van der Waals surface area contributed by atoms with Crippen LogP contribution in [-0.2, 0) is 0 Å². The van der Waals surface area contributed by atoms with E-state index in [9.17, 15) is 0 Å². The number of ether oxygens (including phenoxy) is 1. The fourth-order valence-electron chi connectivity index (χ4n) is 1.64. The van der Waals surface area contributed by atoms with Gasteiger partial charge in [-0.15, -0.1) is 0 Å². The van der Waals surface area contributed by atoms with Crippen molar-refractivity contribution in [1.29, 1.82) is 0 Å². The molecule has 3 aromatic rings. The Balaban J connectivity index is 1.92. The largest absolute Gasteiger partial charge is 0.452 e. The zero-order valence-electron chi connectivity index (χ0n) is 9.90. The Bertz CT molecular complexity index is 668. The molecule has 19 heavy (non-hydrogen) atoms. The van der Waals surface area contributed by atoms with Crippen LogP contribution in [0.25, 0.3) is 5.82 Å². The molecule has 4 nitrogen and oxygen atoms in total. The lowest BCUT2D eigenvalue weighted by atomic mass is 10.3. The molecule has 0 N–H and O–H groups in total. The Morgan fingerprint density at radius 2 is 1.79 bits per heavy atom. The summed E-state index contributed by atoms with van der Waals surface area (Å²) in [5, 5.41) is 4.57. The predicted molar refractivity (Wildman–Crippen MR) is 72.9 cm³/mol. The van der Waals surface area contributed by atoms with Crippen molar-refractivity contribution in [2.45, 2.75) is 0 Å². The molecule has 94 valence electrons. The van der Waals surface area contributed by atoms with E-state index in [2.05, 4.69) is 10.1 Å². The number of rotatable bonds is 3. The smallest absolute Gasteiger partial charge is 0.184 e. The van der Waals surface area contributed by atoms with Crippen LogP contribution in [0.5, 0.6) is 11.5 Å². The first-order chi connectivity index (χ1) is 9.34. The Kier molecular flexibility index (Phi) is 3.16. The lowest BCUT2D eigenvalue weighted by Gasteiger charge is -2.04. The minimum atomic E-state index is 0.391. The third-order valence-electron chi connectivity index (χ3n) is 2.52. The van der Waals surface area contributed by atoms with Crippen LogP contribution < -0.4 is 4.74 Å². The van der Waals surface area contributed by atoms with Gasteiger partial charge in [0, 0.05) is 6.20 Å². The molecule has 0 unspecified atom stereocenters. The van der Waals surface area contributed by atoms with E-state index in [0.717, 1.165) is 0 Å². The van der Waals surface area contributed by atoms with E-state index in [0.29, 0.717) is 22.5 Å². The minimum absolute atomic E-state index is 0.391. The molecular formula is C14H10ClN3O. The standard InChI is InChI=1S/C14H10ClN3O/c15-14-12(19-11-6-2-1-3-7-11)10-17-18(14)13-8-4-5-9-16-13/h1-10H. The maximum atomic E-state index is 6.24. The van der Waals surface area contributed by atoms with Gasteiger partial charge in [0.25, 0.3) is 0 Å². The molecule has 2 aromatic heterocycles. The van der Waals surface area contributed by atoms with Gasteiger partial charge < -0.3 is 4.74 Å². The van der Waals surface area contributed by atoms with Gasteiger partial charge in [0.2, 0.25) is 0 Å². The first kappa shape index (κ1) is 11.7. The van der Waals surface area contributed by atoms with Gasteiger partial charge in [-0.1, -0.05) is 35.9 Å². The van der Waals surface area contributed by atoms with Crippen LogP contribution in [0.4, 0.5) is 0 Å². The highest BCUT2D eigenvalue weighted by atomic mass is 35.5. The molecule has 0 bridgehead atoms. The summed E-state index contributed by atoms with van der Waals surface area (Å²) in [6.45, 7) is 0. The third-order valence-corrected chi connectivity index (χ3v) is 2.86. The highest BCUT2D eigenvalue weighted by molar-refractivity contribution is 6.31. The molecule has 3 rings (SSSR count). The van der Waals surface area contributed by atoms with E-state index in [4.69, 9.17) is 16.3 Å². The lowest BCUT2D eigenvalue weighted by molar-refractivity contribution is 0.482. The van der Waals surface area contributed by atoms with Crippen molar-refractivity contribution in [1.82, 2.24) is 14.8 Å². The highest BCUT2D eigenvalue weighted by Gasteiger charge is 2.12. The SMILES string of the molecule is Clc1c(Oc2ccccc2)cnn1-c1ccccn1. The van der Waals surface area contributed by atoms with Crippen LogP contribution in [0.1, 0.15) is 0 Å². The topological polar surface area (TPSA) is 39.9 Å². The minimum Gasteiger partial charge on any atom is -0.452 e. The Labute approximate surface area is 115 Å². The summed E-state index contributed by atoms with van der Waals surface area (Å²) in [5.41, 5.74) is 0. The summed E-state index contributed by atoms with van der Waals surface area (Å²) in [6.07, 6.45) is 3.26. The normalized spacial score (nSPS) is 10.4. The summed E-state index contributed by atoms with van der Waals surface area (Å²) >= 11 is 6.24. The molecule has 0 amide bonds. The highest BCUT2D eigenvalue weighted by Crippen LogP contribution is 2.30. The van der Waals surface area contributed by atoms with Crippen molar-refractivity contribution < 1.29 is 4.74 Å². The summed E-state index contributed by atoms with van der Waals surface area (Å²) in [6, 6.07) is 15.0. The van der Waals surface area contributed by atoms with Crippen molar-refractivity contribution in [2.75, 3.05) is 0 Å². The number of hydrogen-bond acceptors (Lipinski definition) is 3. The van der Waals surface area contributed by atoms with E-state index in [1.807, 2.05) is 48.5 Å². The van der Waals surface area contributed by atoms with Gasteiger partial charge >= 0.3 is 0 Å². The van der Waals surface area contributed by atoms with Gasteiger partial charge in [0.05, 0.1) is 6.20 Å². The fraction of sp³-hybridized carbons (Fsp3) is 0. The summed E-state index contributed by atoms with van der Waals surface area (Å²) in [5.74, 6) is 1.86. The molecule has 0 atom stereocenters. The monoisotopic (exact) mass is 271 g/mol. The maximum absolute atomic E-state index is 6.24. The molecule has 0 aliphatic heterocycles. The van der Waals surface area contributed by atoms with Crippen LogP contribution >= 0.6 is 11.6 Å². The molecule has 0 aliphatic rings. The number of para-hydroxylation sites is 1. The summed E-state index contributed by atoms with van der Waals surface area (Å²) in [7, 11) is 0. The molecule has 0 fully saturated rings. The molecule has 2 heterocycles. The van der Waals surface area contributed by atoms with E-state index in [1.165, 1.54) is 4.68 Å². The molecule has 5 heteroatoms. The summed E-state index contributed by atoms with van der Waals surface area (Å²) < 4.78 is 7.20. The number of pyridine rings is 1. The van der Waals surface area contributed by atoms with Crippen molar-refractivity contribution >= 4 is 11.6 Å². The quantitative estimate of drug-likeness (QED) is 0.729. The van der Waals surface area contributed by atoms with E-state index < -0.39 is 0 Å². The first-order valence-corrected chi connectivity index (χ1v) is 6.10. The Morgan fingerprint density at radius 1 is 1.00 bits per heavy atom. The fourth-order valence-corrected chi connectivity index (χ4v) is 1.86. The van der Waals surface area contributed by atoms with Crippen molar-refractivity contribution in [3.05, 3.63) is 66.1 Å². The molecule has 0 saturated heterocycles. The van der Waals surface area contributed by atoms with Crippen molar-refractivity contribution in [3.63, 3.8) is 0 Å². The molecule has 0 radical (unpaired) electrons. The van der Waals surface area contributed by atoms with Gasteiger partial charge in [-0.2, -0.15) is 9.78 Å². The first-order valence-electron chi connectivity index (χ1n) is 5.72. The zero-order chi connectivity index (χ0) is 13.1. The summed E-state index contributed by atoms with van der Waals surface area (Å²) in [4.78, 5) is 4.19. The number of benzene rings is 1. The number of nitrogens with zero attached hydrogens (tertiary/aromatic N) is 3. The molecular weight excluding hydrogens is 262 g/mol. The average Bonchev–Trinajstić information content (AvgIpc) is 2.82. The van der Waals surface area contributed by atoms with Crippen LogP contribution in [0.15, 0.2) is 60.9 Å². The third kappa shape index (κ3) is 2.44. The zero-order valence-corrected chi connectivity index (χ0v) is 10.7.